The Morgan fingerprint density at radius 1 is 1.54 bits per heavy atom. The third-order valence-corrected chi connectivity index (χ3v) is 2.69. The highest BCUT2D eigenvalue weighted by Gasteiger charge is 2.16. The van der Waals surface area contributed by atoms with Crippen LogP contribution in [0.5, 0.6) is 0 Å². The Kier molecular flexibility index (Phi) is 4.89. The predicted octanol–water partition coefficient (Wildman–Crippen LogP) is -0.706. The van der Waals surface area contributed by atoms with Crippen LogP contribution in [0.25, 0.3) is 0 Å². The molecule has 13 heavy (non-hydrogen) atoms. The second-order valence-corrected chi connectivity index (χ2v) is 4.18. The van der Waals surface area contributed by atoms with Crippen LogP contribution in [0.3, 0.4) is 0 Å². The van der Waals surface area contributed by atoms with Gasteiger partial charge in [0.05, 0.1) is 6.42 Å². The minimum atomic E-state index is -3.54. The van der Waals surface area contributed by atoms with Crippen molar-refractivity contribution in [3.63, 3.8) is 0 Å². The van der Waals surface area contributed by atoms with Gasteiger partial charge in [0.15, 0.2) is 0 Å². The topological polar surface area (TPSA) is 95.5 Å². The molecule has 0 saturated carbocycles. The number of carboxylic acids is 1. The molecule has 0 aliphatic heterocycles. The molecule has 0 saturated heterocycles. The number of hydrogen-bond donors (Lipinski definition) is 3. The van der Waals surface area contributed by atoms with E-state index < -0.39 is 22.2 Å². The van der Waals surface area contributed by atoms with Crippen LogP contribution >= 0.6 is 0 Å². The van der Waals surface area contributed by atoms with Crippen LogP contribution in [-0.2, 0) is 15.0 Å². The van der Waals surface area contributed by atoms with Gasteiger partial charge in [-0.15, -0.1) is 0 Å². The maximum Gasteiger partial charge on any atom is 0.304 e. The van der Waals surface area contributed by atoms with Crippen LogP contribution < -0.4 is 9.44 Å². The van der Waals surface area contributed by atoms with E-state index >= 15 is 0 Å². The van der Waals surface area contributed by atoms with Gasteiger partial charge in [-0.1, -0.05) is 6.92 Å². The van der Waals surface area contributed by atoms with Gasteiger partial charge in [0.1, 0.15) is 0 Å². The van der Waals surface area contributed by atoms with Crippen LogP contribution in [0.2, 0.25) is 0 Å². The summed E-state index contributed by atoms with van der Waals surface area (Å²) in [6.45, 7) is 1.71. The zero-order valence-electron chi connectivity index (χ0n) is 7.57. The lowest BCUT2D eigenvalue weighted by molar-refractivity contribution is -0.137. The highest BCUT2D eigenvalue weighted by molar-refractivity contribution is 7.87. The highest BCUT2D eigenvalue weighted by atomic mass is 32.2. The first-order chi connectivity index (χ1) is 5.91. The van der Waals surface area contributed by atoms with Crippen molar-refractivity contribution in [2.75, 3.05) is 7.05 Å². The van der Waals surface area contributed by atoms with Crippen LogP contribution in [-0.4, -0.2) is 32.6 Å². The number of carboxylic acid groups (broad SMARTS) is 1. The first-order valence-corrected chi connectivity index (χ1v) is 5.32. The van der Waals surface area contributed by atoms with Crippen LogP contribution in [0.1, 0.15) is 19.8 Å². The van der Waals surface area contributed by atoms with E-state index in [0.29, 0.717) is 6.42 Å². The van der Waals surface area contributed by atoms with Crippen molar-refractivity contribution in [1.82, 2.24) is 9.44 Å². The number of nitrogens with one attached hydrogen (secondary N) is 2. The summed E-state index contributed by atoms with van der Waals surface area (Å²) >= 11 is 0. The lowest BCUT2D eigenvalue weighted by Gasteiger charge is -2.13. The standard InChI is InChI=1S/C6H14N2O4S/c1-3-5(4-6(9)10)8-13(11,12)7-2/h5,7-8H,3-4H2,1-2H3,(H,9,10). The molecule has 0 aliphatic carbocycles. The van der Waals surface area contributed by atoms with E-state index in [4.69, 9.17) is 5.11 Å². The SMILES string of the molecule is CCC(CC(=O)O)NS(=O)(=O)NC. The van der Waals surface area contributed by atoms with Gasteiger partial charge >= 0.3 is 5.97 Å². The summed E-state index contributed by atoms with van der Waals surface area (Å²) in [7, 11) is -2.28. The normalized spacial score (nSPS) is 14.0. The lowest BCUT2D eigenvalue weighted by atomic mass is 10.2. The number of rotatable bonds is 6. The van der Waals surface area contributed by atoms with E-state index in [1.54, 1.807) is 6.92 Å². The first kappa shape index (κ1) is 12.3. The molecule has 0 spiro atoms. The summed E-state index contributed by atoms with van der Waals surface area (Å²) in [6.07, 6.45) is 0.227. The summed E-state index contributed by atoms with van der Waals surface area (Å²) in [6, 6.07) is -0.560. The van der Waals surface area contributed by atoms with Crippen molar-refractivity contribution in [1.29, 1.82) is 0 Å². The van der Waals surface area contributed by atoms with Crippen molar-refractivity contribution in [3.8, 4) is 0 Å². The lowest BCUT2D eigenvalue weighted by Crippen LogP contribution is -2.41. The molecule has 1 atom stereocenters. The summed E-state index contributed by atoms with van der Waals surface area (Å²) in [4.78, 5) is 10.3. The van der Waals surface area contributed by atoms with Gasteiger partial charge in [-0.3, -0.25) is 4.79 Å². The fraction of sp³-hybridized carbons (Fsp3) is 0.833. The molecular weight excluding hydrogens is 196 g/mol. The van der Waals surface area contributed by atoms with Gasteiger partial charge in [-0.05, 0) is 6.42 Å². The molecule has 7 heteroatoms. The molecular formula is C6H14N2O4S. The molecule has 0 bridgehead atoms. The van der Waals surface area contributed by atoms with Crippen LogP contribution in [0.15, 0.2) is 0 Å². The fourth-order valence-corrected chi connectivity index (χ4v) is 1.57. The zero-order chi connectivity index (χ0) is 10.5. The van der Waals surface area contributed by atoms with E-state index in [1.807, 2.05) is 4.72 Å². The average Bonchev–Trinajstić information content (AvgIpc) is 2.02. The highest BCUT2D eigenvalue weighted by Crippen LogP contribution is 1.98. The van der Waals surface area contributed by atoms with Gasteiger partial charge in [0.25, 0.3) is 10.2 Å². The molecule has 78 valence electrons. The third kappa shape index (κ3) is 5.56. The molecule has 6 nitrogen and oxygen atoms in total. The monoisotopic (exact) mass is 210 g/mol. The largest absolute Gasteiger partial charge is 0.481 e. The Morgan fingerprint density at radius 3 is 2.38 bits per heavy atom. The molecule has 1 unspecified atom stereocenters. The van der Waals surface area contributed by atoms with Crippen molar-refractivity contribution < 1.29 is 18.3 Å². The summed E-state index contributed by atoms with van der Waals surface area (Å²) in [5, 5.41) is 8.43. The van der Waals surface area contributed by atoms with E-state index in [2.05, 4.69) is 4.72 Å². The van der Waals surface area contributed by atoms with E-state index in [-0.39, 0.29) is 6.42 Å². The van der Waals surface area contributed by atoms with Crippen molar-refractivity contribution in [3.05, 3.63) is 0 Å². The minimum Gasteiger partial charge on any atom is -0.481 e. The van der Waals surface area contributed by atoms with Gasteiger partial charge in [0.2, 0.25) is 0 Å². The van der Waals surface area contributed by atoms with Crippen molar-refractivity contribution in [2.45, 2.75) is 25.8 Å². The molecule has 0 amide bonds. The predicted molar refractivity (Wildman–Crippen MR) is 47.4 cm³/mol. The molecule has 0 aliphatic rings. The van der Waals surface area contributed by atoms with Crippen molar-refractivity contribution in [2.24, 2.45) is 0 Å². The Balaban J connectivity index is 4.21. The molecule has 0 aromatic carbocycles. The smallest absolute Gasteiger partial charge is 0.304 e. The van der Waals surface area contributed by atoms with Gasteiger partial charge in [-0.2, -0.15) is 13.1 Å². The molecule has 0 aromatic heterocycles. The number of aliphatic carboxylic acids is 1. The Labute approximate surface area is 77.5 Å². The Morgan fingerprint density at radius 2 is 2.08 bits per heavy atom. The van der Waals surface area contributed by atoms with Gasteiger partial charge < -0.3 is 5.11 Å². The average molecular weight is 210 g/mol. The molecule has 0 fully saturated rings. The maximum absolute atomic E-state index is 10.9. The Bertz CT molecular complexity index is 262. The molecule has 3 N–H and O–H groups in total. The first-order valence-electron chi connectivity index (χ1n) is 3.84. The van der Waals surface area contributed by atoms with E-state index in [0.717, 1.165) is 0 Å². The molecule has 0 radical (unpaired) electrons. The third-order valence-electron chi connectivity index (χ3n) is 1.50. The molecule has 0 rings (SSSR count). The van der Waals surface area contributed by atoms with Crippen LogP contribution in [0.4, 0.5) is 0 Å². The van der Waals surface area contributed by atoms with Gasteiger partial charge in [0, 0.05) is 13.1 Å². The van der Waals surface area contributed by atoms with Crippen LogP contribution in [0, 0.1) is 0 Å². The summed E-state index contributed by atoms with van der Waals surface area (Å²) in [5.74, 6) is -1.02. The quantitative estimate of drug-likeness (QED) is 0.540. The second-order valence-electron chi connectivity index (χ2n) is 2.53. The Hall–Kier alpha value is -0.660. The number of hydrogen-bond acceptors (Lipinski definition) is 3. The maximum atomic E-state index is 10.9. The molecule has 0 heterocycles. The van der Waals surface area contributed by atoms with E-state index in [9.17, 15) is 13.2 Å². The zero-order valence-corrected chi connectivity index (χ0v) is 8.39. The van der Waals surface area contributed by atoms with Crippen molar-refractivity contribution >= 4 is 16.2 Å². The molecule has 0 aromatic rings. The second kappa shape index (κ2) is 5.15. The fourth-order valence-electron chi connectivity index (χ4n) is 0.758. The minimum absolute atomic E-state index is 0.211. The number of carbonyl (C=O) groups is 1. The van der Waals surface area contributed by atoms with Gasteiger partial charge in [-0.25, -0.2) is 4.72 Å². The summed E-state index contributed by atoms with van der Waals surface area (Å²) < 4.78 is 26.1. The summed E-state index contributed by atoms with van der Waals surface area (Å²) in [5.41, 5.74) is 0. The van der Waals surface area contributed by atoms with E-state index in [1.165, 1.54) is 7.05 Å².